The van der Waals surface area contributed by atoms with Crippen LogP contribution in [0.3, 0.4) is 0 Å². The molecule has 4 nitrogen and oxygen atoms in total. The smallest absolute Gasteiger partial charge is 0.213 e. The van der Waals surface area contributed by atoms with Crippen molar-refractivity contribution in [1.29, 1.82) is 0 Å². The van der Waals surface area contributed by atoms with Crippen molar-refractivity contribution in [3.05, 3.63) is 18.3 Å². The summed E-state index contributed by atoms with van der Waals surface area (Å²) in [6.07, 6.45) is 3.69. The highest BCUT2D eigenvalue weighted by Gasteiger charge is 2.00. The van der Waals surface area contributed by atoms with Crippen LogP contribution in [0.25, 0.3) is 0 Å². The van der Waals surface area contributed by atoms with E-state index in [1.54, 1.807) is 31.1 Å². The lowest BCUT2D eigenvalue weighted by Gasteiger charge is -2.12. The largest absolute Gasteiger partial charge is 0.481 e. The van der Waals surface area contributed by atoms with Gasteiger partial charge in [-0.25, -0.2) is 9.98 Å². The molecule has 0 saturated carbocycles. The van der Waals surface area contributed by atoms with Crippen LogP contribution in [-0.4, -0.2) is 42.5 Å². The molecule has 0 aliphatic carbocycles. The molecule has 0 aliphatic heterocycles. The summed E-state index contributed by atoms with van der Waals surface area (Å²) in [6.45, 7) is 0. The number of nitrogens with zero attached hydrogens (tertiary/aromatic N) is 3. The van der Waals surface area contributed by atoms with E-state index in [-0.39, 0.29) is 0 Å². The molecule has 0 bridgehead atoms. The molecule has 0 saturated heterocycles. The summed E-state index contributed by atoms with van der Waals surface area (Å²) >= 11 is 1.60. The first-order valence-corrected chi connectivity index (χ1v) is 5.70. The number of thioether (sulfide) groups is 1. The van der Waals surface area contributed by atoms with Gasteiger partial charge in [0.1, 0.15) is 0 Å². The lowest BCUT2D eigenvalue weighted by Crippen LogP contribution is -2.17. The highest BCUT2D eigenvalue weighted by molar-refractivity contribution is 8.13. The van der Waals surface area contributed by atoms with Gasteiger partial charge in [0.05, 0.1) is 19.0 Å². The van der Waals surface area contributed by atoms with E-state index < -0.39 is 0 Å². The Hall–Kier alpha value is -1.23. The monoisotopic (exact) mass is 225 g/mol. The molecule has 0 amide bonds. The molecule has 1 heterocycles. The fraction of sp³-hybridized carbons (Fsp3) is 0.400. The van der Waals surface area contributed by atoms with Crippen LogP contribution in [0.1, 0.15) is 0 Å². The maximum atomic E-state index is 4.97. The molecule has 0 unspecified atom stereocenters. The SMILES string of the molecule is COc1ccc(N=C(SC)N(C)C)cn1. The van der Waals surface area contributed by atoms with Gasteiger partial charge in [-0.2, -0.15) is 0 Å². The van der Waals surface area contributed by atoms with E-state index >= 15 is 0 Å². The van der Waals surface area contributed by atoms with Crippen molar-refractivity contribution < 1.29 is 4.74 Å². The third-order valence-electron chi connectivity index (χ3n) is 1.72. The molecule has 5 heteroatoms. The maximum absolute atomic E-state index is 4.97. The summed E-state index contributed by atoms with van der Waals surface area (Å²) in [4.78, 5) is 10.5. The van der Waals surface area contributed by atoms with E-state index in [1.807, 2.05) is 31.3 Å². The Labute approximate surface area is 94.4 Å². The second-order valence-corrected chi connectivity index (χ2v) is 3.83. The van der Waals surface area contributed by atoms with Gasteiger partial charge >= 0.3 is 0 Å². The lowest BCUT2D eigenvalue weighted by molar-refractivity contribution is 0.398. The molecule has 0 atom stereocenters. The minimum Gasteiger partial charge on any atom is -0.481 e. The molecule has 1 rings (SSSR count). The number of amidine groups is 1. The predicted octanol–water partition coefficient (Wildman–Crippen LogP) is 2.00. The first-order chi connectivity index (χ1) is 7.17. The third kappa shape index (κ3) is 3.43. The molecule has 0 spiro atoms. The molecule has 82 valence electrons. The van der Waals surface area contributed by atoms with Crippen LogP contribution >= 0.6 is 11.8 Å². The quantitative estimate of drug-likeness (QED) is 0.570. The van der Waals surface area contributed by atoms with Gasteiger partial charge in [0.25, 0.3) is 0 Å². The standard InChI is InChI=1S/C10H15N3OS/c1-13(2)10(15-4)12-8-5-6-9(14-3)11-7-8/h5-7H,1-4H3. The minimum atomic E-state index is 0.601. The Bertz CT molecular complexity index is 335. The number of ether oxygens (including phenoxy) is 1. The Morgan fingerprint density at radius 3 is 2.60 bits per heavy atom. The second kappa shape index (κ2) is 5.60. The molecule has 1 aromatic heterocycles. The normalized spacial score (nSPS) is 11.3. The van der Waals surface area contributed by atoms with Gasteiger partial charge in [0.15, 0.2) is 5.17 Å². The Morgan fingerprint density at radius 1 is 1.47 bits per heavy atom. The summed E-state index contributed by atoms with van der Waals surface area (Å²) < 4.78 is 4.97. The van der Waals surface area contributed by atoms with Gasteiger partial charge in [0.2, 0.25) is 5.88 Å². The number of aromatic nitrogens is 1. The molecular weight excluding hydrogens is 210 g/mol. The van der Waals surface area contributed by atoms with E-state index in [0.717, 1.165) is 10.9 Å². The highest BCUT2D eigenvalue weighted by atomic mass is 32.2. The molecule has 0 fully saturated rings. The van der Waals surface area contributed by atoms with E-state index in [0.29, 0.717) is 5.88 Å². The van der Waals surface area contributed by atoms with Gasteiger partial charge in [-0.1, -0.05) is 11.8 Å². The van der Waals surface area contributed by atoms with Crippen LogP contribution in [0.5, 0.6) is 5.88 Å². The zero-order chi connectivity index (χ0) is 11.3. The Kier molecular flexibility index (Phi) is 4.42. The number of methoxy groups -OCH3 is 1. The number of hydrogen-bond acceptors (Lipinski definition) is 4. The summed E-state index contributed by atoms with van der Waals surface area (Å²) in [5.41, 5.74) is 0.828. The van der Waals surface area contributed by atoms with Crippen molar-refractivity contribution in [3.63, 3.8) is 0 Å². The van der Waals surface area contributed by atoms with Gasteiger partial charge in [-0.05, 0) is 12.3 Å². The topological polar surface area (TPSA) is 37.7 Å². The van der Waals surface area contributed by atoms with Crippen molar-refractivity contribution in [2.45, 2.75) is 0 Å². The average Bonchev–Trinajstić information content (AvgIpc) is 2.26. The first-order valence-electron chi connectivity index (χ1n) is 4.47. The van der Waals surface area contributed by atoms with E-state index in [9.17, 15) is 0 Å². The molecule has 0 aromatic carbocycles. The molecular formula is C10H15N3OS. The summed E-state index contributed by atoms with van der Waals surface area (Å²) in [5, 5.41) is 0.946. The van der Waals surface area contributed by atoms with Crippen LogP contribution in [0.2, 0.25) is 0 Å². The van der Waals surface area contributed by atoms with Crippen molar-refractivity contribution in [1.82, 2.24) is 9.88 Å². The third-order valence-corrected chi connectivity index (χ3v) is 2.54. The second-order valence-electron chi connectivity index (χ2n) is 3.05. The zero-order valence-corrected chi connectivity index (χ0v) is 10.2. The van der Waals surface area contributed by atoms with Crippen molar-refractivity contribution in [2.24, 2.45) is 4.99 Å². The molecule has 0 radical (unpaired) electrons. The average molecular weight is 225 g/mol. The fourth-order valence-corrected chi connectivity index (χ4v) is 1.56. The van der Waals surface area contributed by atoms with Gasteiger partial charge in [-0.15, -0.1) is 0 Å². The van der Waals surface area contributed by atoms with Gasteiger partial charge in [0, 0.05) is 20.2 Å². The van der Waals surface area contributed by atoms with E-state index in [4.69, 9.17) is 4.74 Å². The summed E-state index contributed by atoms with van der Waals surface area (Å²) in [5.74, 6) is 0.601. The molecule has 0 N–H and O–H groups in total. The summed E-state index contributed by atoms with van der Waals surface area (Å²) in [7, 11) is 5.52. The Balaban J connectivity index is 2.87. The number of pyridine rings is 1. The molecule has 1 aromatic rings. The predicted molar refractivity (Wildman–Crippen MR) is 65.1 cm³/mol. The molecule has 15 heavy (non-hydrogen) atoms. The minimum absolute atomic E-state index is 0.601. The number of rotatable bonds is 2. The van der Waals surface area contributed by atoms with Crippen LogP contribution in [-0.2, 0) is 0 Å². The molecule has 0 aliphatic rings. The zero-order valence-electron chi connectivity index (χ0n) is 9.39. The highest BCUT2D eigenvalue weighted by Crippen LogP contribution is 2.16. The van der Waals surface area contributed by atoms with E-state index in [2.05, 4.69) is 9.98 Å². The first kappa shape index (κ1) is 11.8. The van der Waals surface area contributed by atoms with Crippen LogP contribution in [0.4, 0.5) is 5.69 Å². The van der Waals surface area contributed by atoms with Crippen LogP contribution < -0.4 is 4.74 Å². The van der Waals surface area contributed by atoms with Gasteiger partial charge < -0.3 is 9.64 Å². The van der Waals surface area contributed by atoms with Crippen molar-refractivity contribution >= 4 is 22.6 Å². The van der Waals surface area contributed by atoms with Crippen molar-refractivity contribution in [3.8, 4) is 5.88 Å². The van der Waals surface area contributed by atoms with Gasteiger partial charge in [-0.3, -0.25) is 0 Å². The fourth-order valence-electron chi connectivity index (χ4n) is 0.998. The van der Waals surface area contributed by atoms with Crippen molar-refractivity contribution in [2.75, 3.05) is 27.5 Å². The van der Waals surface area contributed by atoms with E-state index in [1.165, 1.54) is 0 Å². The summed E-state index contributed by atoms with van der Waals surface area (Å²) in [6, 6.07) is 3.68. The number of aliphatic imine (C=N–C) groups is 1. The lowest BCUT2D eigenvalue weighted by atomic mass is 10.4. The van der Waals surface area contributed by atoms with Crippen LogP contribution in [0, 0.1) is 0 Å². The number of hydrogen-bond donors (Lipinski definition) is 0. The van der Waals surface area contributed by atoms with Crippen LogP contribution in [0.15, 0.2) is 23.3 Å². The Morgan fingerprint density at radius 2 is 2.20 bits per heavy atom. The maximum Gasteiger partial charge on any atom is 0.213 e.